The van der Waals surface area contributed by atoms with Crippen LogP contribution in [0.2, 0.25) is 0 Å². The van der Waals surface area contributed by atoms with Gasteiger partial charge in [-0.2, -0.15) is 0 Å². The van der Waals surface area contributed by atoms with Gasteiger partial charge in [0.1, 0.15) is 0 Å². The minimum Gasteiger partial charge on any atom is -0.103 e. The highest BCUT2D eigenvalue weighted by atomic mass is 14.3. The van der Waals surface area contributed by atoms with Crippen molar-refractivity contribution in [3.05, 3.63) is 12.2 Å². The maximum atomic E-state index is 3.46. The van der Waals surface area contributed by atoms with Crippen molar-refractivity contribution in [1.82, 2.24) is 0 Å². The zero-order valence-corrected chi connectivity index (χ0v) is 12.8. The van der Waals surface area contributed by atoms with E-state index in [1.807, 2.05) is 0 Å². The minimum absolute atomic E-state index is 0.718. The summed E-state index contributed by atoms with van der Waals surface area (Å²) in [7, 11) is 0. The summed E-state index contributed by atoms with van der Waals surface area (Å²) in [6.07, 6.45) is 17.1. The highest BCUT2D eigenvalue weighted by molar-refractivity contribution is 5.04. The van der Waals surface area contributed by atoms with Crippen molar-refractivity contribution in [3.63, 3.8) is 0 Å². The summed E-state index contributed by atoms with van der Waals surface area (Å²) in [4.78, 5) is 0. The molecule has 0 heterocycles. The molecule has 0 saturated heterocycles. The molecule has 0 unspecified atom stereocenters. The molecule has 0 bridgehead atoms. The lowest BCUT2D eigenvalue weighted by Crippen LogP contribution is -2.25. The molecule has 0 spiro atoms. The summed E-state index contributed by atoms with van der Waals surface area (Å²) >= 11 is 0. The Kier molecular flexibility index (Phi) is 6.02. The van der Waals surface area contributed by atoms with E-state index in [9.17, 15) is 0 Å². The Balaban J connectivity index is 1.73. The highest BCUT2D eigenvalue weighted by Crippen LogP contribution is 2.41. The topological polar surface area (TPSA) is 0 Å². The van der Waals surface area contributed by atoms with Gasteiger partial charge >= 0.3 is 0 Å². The highest BCUT2D eigenvalue weighted by Gasteiger charge is 2.29. The first-order valence-corrected chi connectivity index (χ1v) is 8.44. The Morgan fingerprint density at radius 1 is 0.895 bits per heavy atom. The van der Waals surface area contributed by atoms with Crippen molar-refractivity contribution < 1.29 is 0 Å². The molecule has 106 valence electrons. The average Bonchev–Trinajstić information content (AvgIpc) is 2.47. The van der Waals surface area contributed by atoms with E-state index in [0.29, 0.717) is 0 Å². The van der Waals surface area contributed by atoms with Gasteiger partial charge in [0.2, 0.25) is 0 Å². The minimum atomic E-state index is 0.718. The molecule has 2 aliphatic carbocycles. The van der Waals surface area contributed by atoms with E-state index in [-0.39, 0.29) is 0 Å². The van der Waals surface area contributed by atoms with Crippen LogP contribution in [0.3, 0.4) is 0 Å². The number of hydrogen-bond acceptors (Lipinski definition) is 0. The summed E-state index contributed by atoms with van der Waals surface area (Å²) in [6, 6.07) is 0. The van der Waals surface area contributed by atoms with Gasteiger partial charge in [0, 0.05) is 12.3 Å². The lowest BCUT2D eigenvalue weighted by molar-refractivity contribution is 0.168. The van der Waals surface area contributed by atoms with E-state index in [1.165, 1.54) is 51.4 Å². The molecule has 0 atom stereocenters. The van der Waals surface area contributed by atoms with Gasteiger partial charge in [-0.3, -0.25) is 0 Å². The van der Waals surface area contributed by atoms with Crippen LogP contribution in [0.1, 0.15) is 71.6 Å². The average molecular weight is 258 g/mol. The molecule has 0 nitrogen and oxygen atoms in total. The van der Waals surface area contributed by atoms with E-state index in [2.05, 4.69) is 37.8 Å². The molecule has 0 aromatic heterocycles. The summed E-state index contributed by atoms with van der Waals surface area (Å²) in [5.74, 6) is 10.4. The SMILES string of the molecule is CC=C[C@H]1CC[C@H]([C@H]2CC[C@H](C#CCC)CC2)CC1. The van der Waals surface area contributed by atoms with Crippen LogP contribution in [0.4, 0.5) is 0 Å². The second-order valence-corrected chi connectivity index (χ2v) is 6.49. The molecule has 0 aromatic carbocycles. The van der Waals surface area contributed by atoms with E-state index >= 15 is 0 Å². The largest absolute Gasteiger partial charge is 0.103 e. The first kappa shape index (κ1) is 14.7. The molecule has 19 heavy (non-hydrogen) atoms. The lowest BCUT2D eigenvalue weighted by atomic mass is 9.69. The molecule has 2 rings (SSSR count). The van der Waals surface area contributed by atoms with Gasteiger partial charge in [-0.25, -0.2) is 0 Å². The Labute approximate surface area is 120 Å². The normalized spacial score (nSPS) is 35.9. The maximum absolute atomic E-state index is 3.46. The Hall–Kier alpha value is -0.700. The van der Waals surface area contributed by atoms with Crippen molar-refractivity contribution in [1.29, 1.82) is 0 Å². The van der Waals surface area contributed by atoms with E-state index in [4.69, 9.17) is 0 Å². The second kappa shape index (κ2) is 7.78. The van der Waals surface area contributed by atoms with Crippen LogP contribution in [0.25, 0.3) is 0 Å². The van der Waals surface area contributed by atoms with Gasteiger partial charge in [-0.1, -0.05) is 25.0 Å². The molecule has 0 heteroatoms. The molecule has 2 aliphatic rings. The van der Waals surface area contributed by atoms with E-state index < -0.39 is 0 Å². The van der Waals surface area contributed by atoms with Crippen LogP contribution < -0.4 is 0 Å². The van der Waals surface area contributed by atoms with Crippen LogP contribution in [0.15, 0.2) is 12.2 Å². The third-order valence-electron chi connectivity index (χ3n) is 5.20. The predicted molar refractivity (Wildman–Crippen MR) is 83.8 cm³/mol. The van der Waals surface area contributed by atoms with Crippen LogP contribution in [0, 0.1) is 35.5 Å². The molecular weight excluding hydrogens is 228 g/mol. The first-order valence-electron chi connectivity index (χ1n) is 8.44. The fraction of sp³-hybridized carbons (Fsp3) is 0.789. The van der Waals surface area contributed by atoms with Gasteiger partial charge < -0.3 is 0 Å². The van der Waals surface area contributed by atoms with Gasteiger partial charge in [-0.15, -0.1) is 5.92 Å². The van der Waals surface area contributed by atoms with Crippen LogP contribution in [-0.4, -0.2) is 0 Å². The number of hydrogen-bond donors (Lipinski definition) is 0. The van der Waals surface area contributed by atoms with Crippen molar-refractivity contribution in [2.45, 2.75) is 71.6 Å². The van der Waals surface area contributed by atoms with Gasteiger partial charge in [-0.05, 0) is 76.0 Å². The fourth-order valence-electron chi connectivity index (χ4n) is 4.06. The van der Waals surface area contributed by atoms with Crippen LogP contribution in [-0.2, 0) is 0 Å². The zero-order valence-electron chi connectivity index (χ0n) is 12.8. The summed E-state index contributed by atoms with van der Waals surface area (Å²) in [5, 5.41) is 0. The molecular formula is C19H30. The first-order chi connectivity index (χ1) is 9.33. The molecule has 2 saturated carbocycles. The smallest absolute Gasteiger partial charge is 0.0203 e. The third kappa shape index (κ3) is 4.41. The zero-order chi connectivity index (χ0) is 13.5. The monoisotopic (exact) mass is 258 g/mol. The van der Waals surface area contributed by atoms with Crippen LogP contribution in [0.5, 0.6) is 0 Å². The summed E-state index contributed by atoms with van der Waals surface area (Å²) in [6.45, 7) is 4.31. The van der Waals surface area contributed by atoms with Crippen molar-refractivity contribution >= 4 is 0 Å². The maximum Gasteiger partial charge on any atom is 0.0203 e. The van der Waals surface area contributed by atoms with Crippen molar-refractivity contribution in [2.75, 3.05) is 0 Å². The quantitative estimate of drug-likeness (QED) is 0.447. The Bertz CT molecular complexity index is 325. The lowest BCUT2D eigenvalue weighted by Gasteiger charge is -2.36. The molecule has 0 N–H and O–H groups in total. The van der Waals surface area contributed by atoms with Crippen LogP contribution >= 0.6 is 0 Å². The molecule has 0 aromatic rings. The Morgan fingerprint density at radius 2 is 1.47 bits per heavy atom. The molecule has 0 amide bonds. The van der Waals surface area contributed by atoms with Crippen molar-refractivity contribution in [2.24, 2.45) is 23.7 Å². The van der Waals surface area contributed by atoms with Gasteiger partial charge in [0.05, 0.1) is 0 Å². The molecule has 0 radical (unpaired) electrons. The van der Waals surface area contributed by atoms with E-state index in [0.717, 1.165) is 30.1 Å². The van der Waals surface area contributed by atoms with Gasteiger partial charge in [0.15, 0.2) is 0 Å². The summed E-state index contributed by atoms with van der Waals surface area (Å²) in [5.41, 5.74) is 0. The molecule has 2 fully saturated rings. The number of rotatable bonds is 2. The Morgan fingerprint density at radius 3 is 2.00 bits per heavy atom. The fourth-order valence-corrected chi connectivity index (χ4v) is 4.06. The third-order valence-corrected chi connectivity index (χ3v) is 5.20. The number of allylic oxidation sites excluding steroid dienone is 2. The van der Waals surface area contributed by atoms with Gasteiger partial charge in [0.25, 0.3) is 0 Å². The van der Waals surface area contributed by atoms with E-state index in [1.54, 1.807) is 0 Å². The summed E-state index contributed by atoms with van der Waals surface area (Å²) < 4.78 is 0. The standard InChI is InChI=1S/C19H30/c1-3-5-7-17-10-14-19(15-11-17)18-12-8-16(6-4-2)9-13-18/h4,6,16-19H,3,8-15H2,1-2H3/t16-,17-,18-,19-. The molecule has 0 aliphatic heterocycles. The predicted octanol–water partition coefficient (Wildman–Crippen LogP) is 5.59. The second-order valence-electron chi connectivity index (χ2n) is 6.49. The van der Waals surface area contributed by atoms with Crippen molar-refractivity contribution in [3.8, 4) is 11.8 Å².